The average molecular weight is 297 g/mol. The van der Waals surface area contributed by atoms with Gasteiger partial charge in [0, 0.05) is 32.9 Å². The first kappa shape index (κ1) is 17.2. The lowest BCUT2D eigenvalue weighted by Gasteiger charge is -2.44. The van der Waals surface area contributed by atoms with E-state index in [-0.39, 0.29) is 5.60 Å². The third-order valence-electron chi connectivity index (χ3n) is 5.31. The van der Waals surface area contributed by atoms with E-state index in [0.717, 1.165) is 38.1 Å². The maximum Gasteiger partial charge on any atom is 0.0806 e. The van der Waals surface area contributed by atoms with Gasteiger partial charge in [0.2, 0.25) is 0 Å². The van der Waals surface area contributed by atoms with Crippen LogP contribution in [0.15, 0.2) is 0 Å². The first-order valence-electron chi connectivity index (χ1n) is 8.81. The van der Waals surface area contributed by atoms with E-state index in [4.69, 9.17) is 9.47 Å². The molecule has 1 N–H and O–H groups in total. The van der Waals surface area contributed by atoms with Crippen molar-refractivity contribution in [3.05, 3.63) is 0 Å². The second kappa shape index (κ2) is 7.43. The first-order chi connectivity index (χ1) is 9.95. The van der Waals surface area contributed by atoms with Crippen LogP contribution >= 0.6 is 0 Å². The molecule has 2 saturated carbocycles. The van der Waals surface area contributed by atoms with Gasteiger partial charge in [0.1, 0.15) is 0 Å². The molecule has 0 unspecified atom stereocenters. The number of hydrogen-bond donors (Lipinski definition) is 1. The van der Waals surface area contributed by atoms with E-state index < -0.39 is 0 Å². The van der Waals surface area contributed by atoms with Crippen molar-refractivity contribution in [2.75, 3.05) is 26.9 Å². The highest BCUT2D eigenvalue weighted by Crippen LogP contribution is 2.43. The highest BCUT2D eigenvalue weighted by molar-refractivity contribution is 4.94. The molecule has 2 fully saturated rings. The van der Waals surface area contributed by atoms with Gasteiger partial charge in [0.25, 0.3) is 0 Å². The summed E-state index contributed by atoms with van der Waals surface area (Å²) < 4.78 is 11.5. The van der Waals surface area contributed by atoms with Gasteiger partial charge in [-0.3, -0.25) is 0 Å². The Morgan fingerprint density at radius 3 is 2.24 bits per heavy atom. The molecule has 2 aliphatic carbocycles. The molecule has 0 spiro atoms. The zero-order valence-electron chi connectivity index (χ0n) is 14.5. The molecule has 0 atom stereocenters. The Morgan fingerprint density at radius 1 is 1.05 bits per heavy atom. The molecule has 0 saturated heterocycles. The van der Waals surface area contributed by atoms with Gasteiger partial charge in [0.15, 0.2) is 0 Å². The summed E-state index contributed by atoms with van der Waals surface area (Å²) in [4.78, 5) is 0. The van der Waals surface area contributed by atoms with Gasteiger partial charge in [-0.15, -0.1) is 0 Å². The lowest BCUT2D eigenvalue weighted by Crippen LogP contribution is -2.48. The van der Waals surface area contributed by atoms with E-state index in [1.54, 1.807) is 7.11 Å². The number of hydrogen-bond acceptors (Lipinski definition) is 3. The van der Waals surface area contributed by atoms with Gasteiger partial charge in [-0.25, -0.2) is 0 Å². The standard InChI is InChI=1S/C18H35NO2/c1-17(2,3)15-8-10-18(11-9-15,14-19-16-6-7-16)21-13-5-12-20-4/h15-16,19H,5-14H2,1-4H3. The van der Waals surface area contributed by atoms with Crippen molar-refractivity contribution in [2.24, 2.45) is 11.3 Å². The van der Waals surface area contributed by atoms with Crippen LogP contribution in [0.5, 0.6) is 0 Å². The summed E-state index contributed by atoms with van der Waals surface area (Å²) in [6.45, 7) is 9.82. The van der Waals surface area contributed by atoms with Gasteiger partial charge in [0.05, 0.1) is 5.60 Å². The van der Waals surface area contributed by atoms with Gasteiger partial charge in [-0.05, 0) is 56.3 Å². The Morgan fingerprint density at radius 2 is 1.71 bits per heavy atom. The third-order valence-corrected chi connectivity index (χ3v) is 5.31. The lowest BCUT2D eigenvalue weighted by molar-refractivity contribution is -0.0881. The van der Waals surface area contributed by atoms with Crippen LogP contribution < -0.4 is 5.32 Å². The molecule has 3 heteroatoms. The quantitative estimate of drug-likeness (QED) is 0.692. The van der Waals surface area contributed by atoms with Crippen molar-refractivity contribution < 1.29 is 9.47 Å². The molecule has 0 amide bonds. The number of methoxy groups -OCH3 is 1. The Bertz CT molecular complexity index is 299. The minimum absolute atomic E-state index is 0.0814. The fraction of sp³-hybridized carbons (Fsp3) is 1.00. The number of rotatable bonds is 8. The maximum atomic E-state index is 6.37. The summed E-state index contributed by atoms with van der Waals surface area (Å²) in [5.41, 5.74) is 0.518. The topological polar surface area (TPSA) is 30.5 Å². The Kier molecular flexibility index (Phi) is 6.10. The highest BCUT2D eigenvalue weighted by atomic mass is 16.5. The molecule has 0 radical (unpaired) electrons. The SMILES string of the molecule is COCCCOC1(CNC2CC2)CCC(C(C)(C)C)CC1. The maximum absolute atomic E-state index is 6.37. The second-order valence-corrected chi connectivity index (χ2v) is 8.17. The van der Waals surface area contributed by atoms with E-state index in [1.165, 1.54) is 38.5 Å². The second-order valence-electron chi connectivity index (χ2n) is 8.17. The minimum Gasteiger partial charge on any atom is -0.385 e. The molecule has 0 aromatic heterocycles. The van der Waals surface area contributed by atoms with Crippen LogP contribution in [0.3, 0.4) is 0 Å². The van der Waals surface area contributed by atoms with Crippen molar-refractivity contribution >= 4 is 0 Å². The van der Waals surface area contributed by atoms with Crippen LogP contribution in [0, 0.1) is 11.3 Å². The van der Waals surface area contributed by atoms with Crippen molar-refractivity contribution in [2.45, 2.75) is 77.4 Å². The van der Waals surface area contributed by atoms with E-state index in [1.807, 2.05) is 0 Å². The molecule has 0 heterocycles. The summed E-state index contributed by atoms with van der Waals surface area (Å²) >= 11 is 0. The van der Waals surface area contributed by atoms with Crippen LogP contribution in [0.25, 0.3) is 0 Å². The van der Waals surface area contributed by atoms with Crippen molar-refractivity contribution in [1.29, 1.82) is 0 Å². The molecule has 124 valence electrons. The van der Waals surface area contributed by atoms with Crippen LogP contribution in [0.1, 0.15) is 65.7 Å². The zero-order valence-corrected chi connectivity index (χ0v) is 14.5. The third kappa shape index (κ3) is 5.54. The molecule has 0 aromatic carbocycles. The van der Waals surface area contributed by atoms with E-state index in [0.29, 0.717) is 5.41 Å². The molecule has 3 nitrogen and oxygen atoms in total. The average Bonchev–Trinajstić information content (AvgIpc) is 3.25. The van der Waals surface area contributed by atoms with E-state index in [9.17, 15) is 0 Å². The molecule has 2 rings (SSSR count). The van der Waals surface area contributed by atoms with Gasteiger partial charge >= 0.3 is 0 Å². The molecular weight excluding hydrogens is 262 g/mol. The predicted molar refractivity (Wildman–Crippen MR) is 87.6 cm³/mol. The Hall–Kier alpha value is -0.120. The van der Waals surface area contributed by atoms with Gasteiger partial charge < -0.3 is 14.8 Å². The summed E-state index contributed by atoms with van der Waals surface area (Å²) in [5, 5.41) is 3.71. The highest BCUT2D eigenvalue weighted by Gasteiger charge is 2.40. The zero-order chi connectivity index (χ0) is 15.3. The van der Waals surface area contributed by atoms with Crippen molar-refractivity contribution in [1.82, 2.24) is 5.32 Å². The first-order valence-corrected chi connectivity index (χ1v) is 8.81. The largest absolute Gasteiger partial charge is 0.385 e. The fourth-order valence-electron chi connectivity index (χ4n) is 3.49. The summed E-state index contributed by atoms with van der Waals surface area (Å²) in [6.07, 6.45) is 8.74. The monoisotopic (exact) mass is 297 g/mol. The van der Waals surface area contributed by atoms with Crippen molar-refractivity contribution in [3.63, 3.8) is 0 Å². The molecule has 0 aromatic rings. The van der Waals surface area contributed by atoms with Crippen LogP contribution in [0.4, 0.5) is 0 Å². The summed E-state index contributed by atoms with van der Waals surface area (Å²) in [7, 11) is 1.76. The van der Waals surface area contributed by atoms with Crippen LogP contribution in [0.2, 0.25) is 0 Å². The molecule has 0 bridgehead atoms. The van der Waals surface area contributed by atoms with Gasteiger partial charge in [-0.1, -0.05) is 20.8 Å². The Labute approximate surface area is 131 Å². The summed E-state index contributed by atoms with van der Waals surface area (Å²) in [6, 6.07) is 0.768. The normalized spacial score (nSPS) is 30.6. The molecular formula is C18H35NO2. The van der Waals surface area contributed by atoms with Crippen LogP contribution in [-0.2, 0) is 9.47 Å². The molecule has 21 heavy (non-hydrogen) atoms. The lowest BCUT2D eigenvalue weighted by atomic mass is 9.68. The minimum atomic E-state index is 0.0814. The fourth-order valence-corrected chi connectivity index (χ4v) is 3.49. The van der Waals surface area contributed by atoms with Gasteiger partial charge in [-0.2, -0.15) is 0 Å². The molecule has 0 aliphatic heterocycles. The smallest absolute Gasteiger partial charge is 0.0806 e. The molecule has 2 aliphatic rings. The van der Waals surface area contributed by atoms with E-state index in [2.05, 4.69) is 26.1 Å². The predicted octanol–water partition coefficient (Wildman–Crippen LogP) is 3.77. The number of nitrogens with one attached hydrogen (secondary N) is 1. The van der Waals surface area contributed by atoms with Crippen molar-refractivity contribution in [3.8, 4) is 0 Å². The van der Waals surface area contributed by atoms with E-state index >= 15 is 0 Å². The van der Waals surface area contributed by atoms with Crippen LogP contribution in [-0.4, -0.2) is 38.5 Å². The number of ether oxygens (including phenoxy) is 2. The Balaban J connectivity index is 1.83. The summed E-state index contributed by atoms with van der Waals surface area (Å²) in [5.74, 6) is 0.842.